The van der Waals surface area contributed by atoms with Crippen LogP contribution in [0.5, 0.6) is 0 Å². The Kier molecular flexibility index (Phi) is 6.46. The van der Waals surface area contributed by atoms with Crippen LogP contribution in [-0.4, -0.2) is 12.8 Å². The molecule has 0 unspecified atom stereocenters. The molecule has 0 aromatic heterocycles. The fourth-order valence-corrected chi connectivity index (χ4v) is 2.06. The molecule has 0 atom stereocenters. The van der Waals surface area contributed by atoms with Gasteiger partial charge < -0.3 is 4.84 Å². The number of nitrogens with zero attached hydrogens (tertiary/aromatic N) is 1. The molecule has 0 amide bonds. The van der Waals surface area contributed by atoms with Gasteiger partial charge in [-0.2, -0.15) is 0 Å². The Bertz CT molecular complexity index is 152. The van der Waals surface area contributed by atoms with Crippen LogP contribution in [-0.2, 0) is 4.84 Å². The molecule has 1 aliphatic carbocycles. The average Bonchev–Trinajstić information content (AvgIpc) is 2.24. The highest BCUT2D eigenvalue weighted by atomic mass is 16.6. The van der Waals surface area contributed by atoms with Crippen molar-refractivity contribution in [3.63, 3.8) is 0 Å². The van der Waals surface area contributed by atoms with Crippen LogP contribution in [0.25, 0.3) is 0 Å². The lowest BCUT2D eigenvalue weighted by molar-refractivity contribution is 0.211. The Balaban J connectivity index is 2.31. The zero-order chi connectivity index (χ0) is 10.1. The molecule has 1 aliphatic rings. The molecule has 1 saturated carbocycles. The smallest absolute Gasteiger partial charge is 0.106 e. The summed E-state index contributed by atoms with van der Waals surface area (Å²) in [5.74, 6) is 0. The summed E-state index contributed by atoms with van der Waals surface area (Å²) in [6.45, 7) is 0. The van der Waals surface area contributed by atoms with Gasteiger partial charge in [0.15, 0.2) is 0 Å². The molecule has 1 fully saturated rings. The molecule has 14 heavy (non-hydrogen) atoms. The van der Waals surface area contributed by atoms with E-state index in [1.54, 1.807) is 7.11 Å². The van der Waals surface area contributed by atoms with Gasteiger partial charge in [0.25, 0.3) is 0 Å². The summed E-state index contributed by atoms with van der Waals surface area (Å²) in [6.07, 6.45) is 13.3. The van der Waals surface area contributed by atoms with Crippen molar-refractivity contribution in [2.75, 3.05) is 7.11 Å². The van der Waals surface area contributed by atoms with Gasteiger partial charge in [-0.15, -0.1) is 0 Å². The van der Waals surface area contributed by atoms with Crippen molar-refractivity contribution in [2.45, 2.75) is 64.2 Å². The molecule has 0 saturated heterocycles. The lowest BCUT2D eigenvalue weighted by Gasteiger charge is -2.03. The highest BCUT2D eigenvalue weighted by Gasteiger charge is 2.03. The molecule has 0 spiro atoms. The lowest BCUT2D eigenvalue weighted by Crippen LogP contribution is -1.99. The molecule has 0 aromatic rings. The first-order valence-electron chi connectivity index (χ1n) is 6.02. The van der Waals surface area contributed by atoms with Crippen LogP contribution < -0.4 is 0 Å². The van der Waals surface area contributed by atoms with E-state index >= 15 is 0 Å². The first-order valence-corrected chi connectivity index (χ1v) is 6.02. The SMILES string of the molecule is CON=C1CCCCCCCCCC1. The van der Waals surface area contributed by atoms with Crippen LogP contribution in [0.2, 0.25) is 0 Å². The van der Waals surface area contributed by atoms with Gasteiger partial charge in [-0.25, -0.2) is 0 Å². The minimum Gasteiger partial charge on any atom is -0.399 e. The van der Waals surface area contributed by atoms with E-state index in [-0.39, 0.29) is 0 Å². The summed E-state index contributed by atoms with van der Waals surface area (Å²) in [7, 11) is 1.65. The number of oxime groups is 1. The average molecular weight is 197 g/mol. The van der Waals surface area contributed by atoms with Crippen molar-refractivity contribution in [1.82, 2.24) is 0 Å². The Morgan fingerprint density at radius 2 is 1.21 bits per heavy atom. The third kappa shape index (κ3) is 5.25. The maximum atomic E-state index is 4.87. The van der Waals surface area contributed by atoms with Crippen molar-refractivity contribution in [1.29, 1.82) is 0 Å². The van der Waals surface area contributed by atoms with E-state index in [1.165, 1.54) is 57.1 Å². The normalized spacial score (nSPS) is 21.1. The molecule has 0 N–H and O–H groups in total. The largest absolute Gasteiger partial charge is 0.399 e. The Morgan fingerprint density at radius 1 is 0.786 bits per heavy atom. The molecular weight excluding hydrogens is 174 g/mol. The van der Waals surface area contributed by atoms with Crippen molar-refractivity contribution in [3.8, 4) is 0 Å². The fraction of sp³-hybridized carbons (Fsp3) is 0.917. The highest BCUT2D eigenvalue weighted by molar-refractivity contribution is 5.83. The van der Waals surface area contributed by atoms with Crippen LogP contribution in [0.3, 0.4) is 0 Å². The van der Waals surface area contributed by atoms with Crippen LogP contribution in [0.1, 0.15) is 64.2 Å². The summed E-state index contributed by atoms with van der Waals surface area (Å²) in [5.41, 5.74) is 1.27. The van der Waals surface area contributed by atoms with Crippen LogP contribution in [0.4, 0.5) is 0 Å². The Hall–Kier alpha value is -0.530. The van der Waals surface area contributed by atoms with Gasteiger partial charge in [0.2, 0.25) is 0 Å². The standard InChI is InChI=1S/C12H23NO/c1-14-13-12-10-8-6-4-2-3-5-7-9-11-12/h2-11H2,1H3. The quantitative estimate of drug-likeness (QED) is 0.584. The summed E-state index contributed by atoms with van der Waals surface area (Å²) in [6, 6.07) is 0. The van der Waals surface area contributed by atoms with Gasteiger partial charge in [0, 0.05) is 0 Å². The summed E-state index contributed by atoms with van der Waals surface area (Å²) >= 11 is 0. The predicted octanol–water partition coefficient (Wildman–Crippen LogP) is 3.90. The van der Waals surface area contributed by atoms with Crippen molar-refractivity contribution < 1.29 is 4.84 Å². The zero-order valence-corrected chi connectivity index (χ0v) is 9.43. The first kappa shape index (κ1) is 11.5. The molecule has 0 heterocycles. The zero-order valence-electron chi connectivity index (χ0n) is 9.43. The second-order valence-electron chi connectivity index (χ2n) is 4.17. The second kappa shape index (κ2) is 7.84. The maximum Gasteiger partial charge on any atom is 0.106 e. The van der Waals surface area contributed by atoms with Gasteiger partial charge in [0.05, 0.1) is 5.71 Å². The summed E-state index contributed by atoms with van der Waals surface area (Å²) in [5, 5.41) is 4.10. The molecule has 1 rings (SSSR count). The summed E-state index contributed by atoms with van der Waals surface area (Å²) < 4.78 is 0. The van der Waals surface area contributed by atoms with E-state index in [0.717, 1.165) is 12.8 Å². The predicted molar refractivity (Wildman–Crippen MR) is 60.6 cm³/mol. The van der Waals surface area contributed by atoms with Crippen LogP contribution in [0.15, 0.2) is 5.16 Å². The minimum atomic E-state index is 1.15. The molecule has 2 heteroatoms. The van der Waals surface area contributed by atoms with Gasteiger partial charge in [0.1, 0.15) is 7.11 Å². The van der Waals surface area contributed by atoms with Crippen molar-refractivity contribution in [2.24, 2.45) is 5.16 Å². The first-order chi connectivity index (χ1) is 6.93. The van der Waals surface area contributed by atoms with Crippen molar-refractivity contribution >= 4 is 5.71 Å². The third-order valence-electron chi connectivity index (χ3n) is 2.90. The van der Waals surface area contributed by atoms with Gasteiger partial charge in [-0.05, 0) is 25.7 Å². The molecule has 0 aromatic carbocycles. The topological polar surface area (TPSA) is 21.6 Å². The van der Waals surface area contributed by atoms with Crippen LogP contribution in [0, 0.1) is 0 Å². The third-order valence-corrected chi connectivity index (χ3v) is 2.90. The van der Waals surface area contributed by atoms with Gasteiger partial charge >= 0.3 is 0 Å². The van der Waals surface area contributed by atoms with Crippen molar-refractivity contribution in [3.05, 3.63) is 0 Å². The molecule has 82 valence electrons. The minimum absolute atomic E-state index is 1.15. The Morgan fingerprint density at radius 3 is 1.64 bits per heavy atom. The molecular formula is C12H23NO. The molecule has 0 radical (unpaired) electrons. The lowest BCUT2D eigenvalue weighted by atomic mass is 10.1. The monoisotopic (exact) mass is 197 g/mol. The van der Waals surface area contributed by atoms with E-state index in [0.29, 0.717) is 0 Å². The second-order valence-corrected chi connectivity index (χ2v) is 4.17. The number of hydrogen-bond donors (Lipinski definition) is 0. The van der Waals surface area contributed by atoms with Crippen LogP contribution >= 0.6 is 0 Å². The van der Waals surface area contributed by atoms with Gasteiger partial charge in [-0.1, -0.05) is 43.7 Å². The van der Waals surface area contributed by atoms with E-state index in [9.17, 15) is 0 Å². The van der Waals surface area contributed by atoms with Gasteiger partial charge in [-0.3, -0.25) is 0 Å². The molecule has 0 aliphatic heterocycles. The number of hydrogen-bond acceptors (Lipinski definition) is 2. The highest BCUT2D eigenvalue weighted by Crippen LogP contribution is 2.15. The fourth-order valence-electron chi connectivity index (χ4n) is 2.06. The van der Waals surface area contributed by atoms with E-state index in [1.807, 2.05) is 0 Å². The number of rotatable bonds is 1. The molecule has 2 nitrogen and oxygen atoms in total. The Labute approximate surface area is 87.7 Å². The van der Waals surface area contributed by atoms with E-state index < -0.39 is 0 Å². The summed E-state index contributed by atoms with van der Waals surface area (Å²) in [4.78, 5) is 4.87. The maximum absolute atomic E-state index is 4.87. The molecule has 0 bridgehead atoms. The van der Waals surface area contributed by atoms with E-state index in [2.05, 4.69) is 5.16 Å². The van der Waals surface area contributed by atoms with E-state index in [4.69, 9.17) is 4.84 Å².